The van der Waals surface area contributed by atoms with Gasteiger partial charge in [-0.2, -0.15) is 0 Å². The van der Waals surface area contributed by atoms with Crippen LogP contribution in [-0.2, 0) is 4.79 Å². The molecule has 0 spiro atoms. The summed E-state index contributed by atoms with van der Waals surface area (Å²) in [5.41, 5.74) is 7.89. The van der Waals surface area contributed by atoms with E-state index >= 15 is 0 Å². The summed E-state index contributed by atoms with van der Waals surface area (Å²) in [6.07, 6.45) is 1.23. The van der Waals surface area contributed by atoms with E-state index in [4.69, 9.17) is 0 Å². The van der Waals surface area contributed by atoms with Gasteiger partial charge in [-0.1, -0.05) is 31.5 Å². The Kier molecular flexibility index (Phi) is 5.11. The van der Waals surface area contributed by atoms with Gasteiger partial charge < -0.3 is 0 Å². The van der Waals surface area contributed by atoms with Gasteiger partial charge in [0.05, 0.1) is 13.9 Å². The summed E-state index contributed by atoms with van der Waals surface area (Å²) in [5.74, 6) is 0. The number of allylic oxidation sites excluding steroid dienone is 4. The summed E-state index contributed by atoms with van der Waals surface area (Å²) in [5, 5.41) is 1.59. The van der Waals surface area contributed by atoms with Crippen molar-refractivity contribution in [2.24, 2.45) is 5.41 Å². The summed E-state index contributed by atoms with van der Waals surface area (Å²) in [6, 6.07) is 0. The second-order valence-electron chi connectivity index (χ2n) is 7.36. The number of hydrogen-bond acceptors (Lipinski definition) is 1. The van der Waals surface area contributed by atoms with Gasteiger partial charge in [0.2, 0.25) is 0 Å². The lowest BCUT2D eigenvalue weighted by Crippen LogP contribution is -2.45. The molecular formula is C16H28OSi2. The van der Waals surface area contributed by atoms with E-state index in [9.17, 15) is 4.79 Å². The van der Waals surface area contributed by atoms with Gasteiger partial charge >= 0.3 is 0 Å². The average molecular weight is 293 g/mol. The molecule has 1 aliphatic heterocycles. The van der Waals surface area contributed by atoms with Gasteiger partial charge in [0.1, 0.15) is 7.93 Å². The molecule has 0 saturated heterocycles. The number of rotatable bonds is 3. The van der Waals surface area contributed by atoms with Crippen molar-refractivity contribution in [1.82, 2.24) is 0 Å². The molecule has 2 unspecified atom stereocenters. The molecule has 106 valence electrons. The summed E-state index contributed by atoms with van der Waals surface area (Å²) < 4.78 is 0. The predicted octanol–water partition coefficient (Wildman–Crippen LogP) is 4.10. The first-order valence-corrected chi connectivity index (χ1v) is 12.2. The fraction of sp³-hybridized carbons (Fsp3) is 0.688. The van der Waals surface area contributed by atoms with E-state index in [1.807, 2.05) is 0 Å². The molecule has 0 N–H and O–H groups in total. The fourth-order valence-electron chi connectivity index (χ4n) is 3.25. The van der Waals surface area contributed by atoms with Crippen LogP contribution in [0.5, 0.6) is 0 Å². The summed E-state index contributed by atoms with van der Waals surface area (Å²) in [6.45, 7) is 18.0. The van der Waals surface area contributed by atoms with E-state index in [1.54, 1.807) is 10.8 Å². The largest absolute Gasteiger partial charge is 0.243 e. The molecule has 0 amide bonds. The minimum absolute atomic E-state index is 0.342. The first-order chi connectivity index (χ1) is 8.60. The molecule has 0 fully saturated rings. The Bertz CT molecular complexity index is 481. The Morgan fingerprint density at radius 1 is 1.32 bits per heavy atom. The standard InChI is InChI=1S/C16H28OSi2/c1-11(2)12(3)15-13(4)19(18(8)10-17)14(15)9-16(5,6)7/h14,19H,9H2,1-8H3. The van der Waals surface area contributed by atoms with Crippen LogP contribution in [0, 0.1) is 5.41 Å². The van der Waals surface area contributed by atoms with Crippen LogP contribution in [-0.4, -0.2) is 21.8 Å². The molecule has 1 nitrogen and oxygen atoms in total. The Morgan fingerprint density at radius 3 is 2.21 bits per heavy atom. The molecule has 0 aromatic carbocycles. The van der Waals surface area contributed by atoms with E-state index in [0.29, 0.717) is 11.0 Å². The van der Waals surface area contributed by atoms with Crippen LogP contribution < -0.4 is 0 Å². The Morgan fingerprint density at radius 2 is 1.84 bits per heavy atom. The van der Waals surface area contributed by atoms with E-state index in [-0.39, 0.29) is 0 Å². The number of hydrogen-bond donors (Lipinski definition) is 0. The minimum atomic E-state index is -1.04. The zero-order chi connectivity index (χ0) is 15.0. The van der Waals surface area contributed by atoms with E-state index in [2.05, 4.69) is 60.6 Å². The van der Waals surface area contributed by atoms with Crippen LogP contribution >= 0.6 is 0 Å². The highest BCUT2D eigenvalue weighted by molar-refractivity contribution is 7.27. The molecule has 3 heteroatoms. The van der Waals surface area contributed by atoms with Gasteiger partial charge in [0, 0.05) is 0 Å². The van der Waals surface area contributed by atoms with Gasteiger partial charge in [-0.05, 0) is 62.8 Å². The molecular weight excluding hydrogens is 264 g/mol. The van der Waals surface area contributed by atoms with Gasteiger partial charge in [-0.25, -0.2) is 4.79 Å². The van der Waals surface area contributed by atoms with Crippen molar-refractivity contribution in [2.75, 3.05) is 0 Å². The first-order valence-electron chi connectivity index (χ1n) is 7.17. The SMILES string of the molecule is CC(C)=C(C)C1=C(C)[SiH]([Si](C)=C=O)C1CC(C)(C)C. The topological polar surface area (TPSA) is 17.1 Å². The molecule has 1 rings (SSSR count). The lowest BCUT2D eigenvalue weighted by molar-refractivity contribution is 0.374. The van der Waals surface area contributed by atoms with Crippen molar-refractivity contribution in [3.63, 3.8) is 0 Å². The highest BCUT2D eigenvalue weighted by Crippen LogP contribution is 2.49. The molecule has 0 aliphatic carbocycles. The second-order valence-corrected chi connectivity index (χ2v) is 16.0. The van der Waals surface area contributed by atoms with Crippen molar-refractivity contribution in [3.05, 3.63) is 21.9 Å². The third kappa shape index (κ3) is 3.53. The van der Waals surface area contributed by atoms with E-state index in [0.717, 1.165) is 0 Å². The normalized spacial score (nSPS) is 22.7. The lowest BCUT2D eigenvalue weighted by atomic mass is 9.85. The van der Waals surface area contributed by atoms with Crippen molar-refractivity contribution < 1.29 is 4.79 Å². The molecule has 0 saturated carbocycles. The highest BCUT2D eigenvalue weighted by Gasteiger charge is 2.43. The second kappa shape index (κ2) is 5.86. The van der Waals surface area contributed by atoms with Crippen LogP contribution in [0.4, 0.5) is 0 Å². The number of carbonyl (C=O) groups excluding carboxylic acids is 1. The van der Waals surface area contributed by atoms with E-state index in [1.165, 1.54) is 17.6 Å². The monoisotopic (exact) mass is 292 g/mol. The van der Waals surface area contributed by atoms with Gasteiger partial charge in [0.15, 0.2) is 0 Å². The van der Waals surface area contributed by atoms with Crippen molar-refractivity contribution >= 4 is 21.8 Å². The van der Waals surface area contributed by atoms with Crippen LogP contribution in [0.25, 0.3) is 0 Å². The van der Waals surface area contributed by atoms with Crippen LogP contribution in [0.1, 0.15) is 54.9 Å². The van der Waals surface area contributed by atoms with Crippen molar-refractivity contribution in [1.29, 1.82) is 0 Å². The maximum Gasteiger partial charge on any atom is 0.108 e. The lowest BCUT2D eigenvalue weighted by Gasteiger charge is -2.43. The van der Waals surface area contributed by atoms with E-state index < -0.39 is 16.2 Å². The molecule has 0 radical (unpaired) electrons. The zero-order valence-corrected chi connectivity index (χ0v) is 15.9. The molecule has 0 bridgehead atoms. The Labute approximate surface area is 121 Å². The van der Waals surface area contributed by atoms with Crippen LogP contribution in [0.3, 0.4) is 0 Å². The molecule has 0 aromatic heterocycles. The average Bonchev–Trinajstić information content (AvgIpc) is 2.26. The molecule has 19 heavy (non-hydrogen) atoms. The summed E-state index contributed by atoms with van der Waals surface area (Å²) >= 11 is 0. The summed E-state index contributed by atoms with van der Waals surface area (Å²) in [7, 11) is -1.91. The third-order valence-electron chi connectivity index (χ3n) is 4.28. The predicted molar refractivity (Wildman–Crippen MR) is 89.0 cm³/mol. The Balaban J connectivity index is 3.23. The quantitative estimate of drug-likeness (QED) is 0.716. The summed E-state index contributed by atoms with van der Waals surface area (Å²) in [4.78, 5) is 11.1. The minimum Gasteiger partial charge on any atom is -0.243 e. The smallest absolute Gasteiger partial charge is 0.108 e. The first kappa shape index (κ1) is 16.5. The van der Waals surface area contributed by atoms with Crippen LogP contribution in [0.15, 0.2) is 21.9 Å². The molecule has 1 heterocycles. The van der Waals surface area contributed by atoms with Crippen molar-refractivity contribution in [3.8, 4) is 0 Å². The molecule has 1 aliphatic rings. The van der Waals surface area contributed by atoms with Gasteiger partial charge in [-0.3, -0.25) is 0 Å². The molecule has 2 atom stereocenters. The third-order valence-corrected chi connectivity index (χ3v) is 13.8. The Hall–Kier alpha value is -0.506. The van der Waals surface area contributed by atoms with Crippen LogP contribution in [0.2, 0.25) is 12.1 Å². The highest BCUT2D eigenvalue weighted by atomic mass is 29.2. The fourth-order valence-corrected chi connectivity index (χ4v) is 13.0. The van der Waals surface area contributed by atoms with Gasteiger partial charge in [-0.15, -0.1) is 0 Å². The maximum atomic E-state index is 11.1. The maximum absolute atomic E-state index is 11.1. The zero-order valence-electron chi connectivity index (χ0n) is 13.8. The van der Waals surface area contributed by atoms with Gasteiger partial charge in [0.25, 0.3) is 0 Å². The van der Waals surface area contributed by atoms with Crippen molar-refractivity contribution in [2.45, 2.75) is 67.0 Å². The molecule has 0 aromatic rings.